The van der Waals surface area contributed by atoms with Gasteiger partial charge in [-0.05, 0) is 52.8 Å². The maximum atomic E-state index is 6.04. The molecule has 0 amide bonds. The Kier molecular flexibility index (Phi) is 6.56. The zero-order valence-corrected chi connectivity index (χ0v) is 16.9. The number of hydrogen-bond donors (Lipinski definition) is 0. The molecule has 1 heterocycles. The topological polar surface area (TPSA) is 30.9 Å². The van der Waals surface area contributed by atoms with Gasteiger partial charge in [0.05, 0.1) is 23.4 Å². The lowest BCUT2D eigenvalue weighted by Crippen LogP contribution is -2.40. The van der Waals surface area contributed by atoms with Crippen LogP contribution in [0.1, 0.15) is 18.1 Å². The van der Waals surface area contributed by atoms with Gasteiger partial charge in [-0.15, -0.1) is 0 Å². The van der Waals surface area contributed by atoms with Crippen molar-refractivity contribution in [2.24, 2.45) is 0 Å². The summed E-state index contributed by atoms with van der Waals surface area (Å²) in [6, 6.07) is 14.4. The molecule has 0 aromatic heterocycles. The van der Waals surface area contributed by atoms with Gasteiger partial charge in [-0.25, -0.2) is 0 Å². The van der Waals surface area contributed by atoms with Crippen molar-refractivity contribution in [3.63, 3.8) is 0 Å². The molecule has 25 heavy (non-hydrogen) atoms. The van der Waals surface area contributed by atoms with E-state index in [0.29, 0.717) is 12.7 Å². The molecule has 1 unspecified atom stereocenters. The second kappa shape index (κ2) is 8.87. The van der Waals surface area contributed by atoms with Crippen molar-refractivity contribution in [1.82, 2.24) is 4.90 Å². The summed E-state index contributed by atoms with van der Waals surface area (Å²) in [5.41, 5.74) is 2.38. The van der Waals surface area contributed by atoms with Gasteiger partial charge in [0.1, 0.15) is 6.61 Å². The number of halogens is 1. The molecule has 1 fully saturated rings. The summed E-state index contributed by atoms with van der Waals surface area (Å²) in [5.74, 6) is 1.60. The largest absolute Gasteiger partial charge is 0.493 e. The van der Waals surface area contributed by atoms with E-state index in [1.165, 1.54) is 5.56 Å². The molecule has 134 valence electrons. The van der Waals surface area contributed by atoms with Gasteiger partial charge < -0.3 is 14.2 Å². The molecule has 2 aromatic rings. The Morgan fingerprint density at radius 1 is 1.20 bits per heavy atom. The molecule has 3 rings (SSSR count). The minimum Gasteiger partial charge on any atom is -0.493 e. The first-order valence-electron chi connectivity index (χ1n) is 8.53. The van der Waals surface area contributed by atoms with Gasteiger partial charge >= 0.3 is 0 Å². The molecular weight excluding hydrogens is 429 g/mol. The Bertz CT molecular complexity index is 693. The first-order valence-corrected chi connectivity index (χ1v) is 9.60. The van der Waals surface area contributed by atoms with Crippen LogP contribution in [0.3, 0.4) is 0 Å². The van der Waals surface area contributed by atoms with E-state index in [9.17, 15) is 0 Å². The van der Waals surface area contributed by atoms with Gasteiger partial charge in [0.25, 0.3) is 0 Å². The van der Waals surface area contributed by atoms with E-state index < -0.39 is 0 Å². The van der Waals surface area contributed by atoms with E-state index in [1.807, 2.05) is 18.2 Å². The highest BCUT2D eigenvalue weighted by Crippen LogP contribution is 2.35. The fourth-order valence-corrected chi connectivity index (χ4v) is 3.85. The molecule has 0 bridgehead atoms. The van der Waals surface area contributed by atoms with E-state index in [1.54, 1.807) is 7.11 Å². The van der Waals surface area contributed by atoms with Crippen molar-refractivity contribution < 1.29 is 14.2 Å². The van der Waals surface area contributed by atoms with Gasteiger partial charge in [-0.2, -0.15) is 0 Å². The van der Waals surface area contributed by atoms with Crippen LogP contribution < -0.4 is 9.47 Å². The summed E-state index contributed by atoms with van der Waals surface area (Å²) in [6.07, 6.45) is 0.295. The summed E-state index contributed by atoms with van der Waals surface area (Å²) in [4.78, 5) is 2.42. The van der Waals surface area contributed by atoms with Crippen LogP contribution in [0.5, 0.6) is 11.5 Å². The molecule has 0 radical (unpaired) electrons. The van der Waals surface area contributed by atoms with Gasteiger partial charge in [0.2, 0.25) is 0 Å². The summed E-state index contributed by atoms with van der Waals surface area (Å²) < 4.78 is 18.3. The quantitative estimate of drug-likeness (QED) is 0.617. The van der Waals surface area contributed by atoms with Crippen LogP contribution >= 0.6 is 22.6 Å². The van der Waals surface area contributed by atoms with E-state index in [4.69, 9.17) is 14.2 Å². The number of morpholine rings is 1. The highest BCUT2D eigenvalue weighted by atomic mass is 127. The standard InChI is InChI=1S/C20H24INO3/c1-15-12-22(8-9-24-15)13-17-10-18(21)20(19(11-17)23-2)25-14-16-6-4-3-5-7-16/h3-7,10-11,15H,8-9,12-14H2,1-2H3. The minimum atomic E-state index is 0.295. The van der Waals surface area contributed by atoms with Crippen LogP contribution in [0.4, 0.5) is 0 Å². The second-order valence-electron chi connectivity index (χ2n) is 6.30. The van der Waals surface area contributed by atoms with E-state index in [2.05, 4.69) is 58.7 Å². The average molecular weight is 453 g/mol. The van der Waals surface area contributed by atoms with E-state index >= 15 is 0 Å². The first kappa shape index (κ1) is 18.5. The van der Waals surface area contributed by atoms with E-state index in [0.717, 1.165) is 46.9 Å². The summed E-state index contributed by atoms with van der Waals surface area (Å²) in [5, 5.41) is 0. The predicted molar refractivity (Wildman–Crippen MR) is 107 cm³/mol. The predicted octanol–water partition coefficient (Wildman–Crippen LogP) is 4.10. The summed E-state index contributed by atoms with van der Waals surface area (Å²) >= 11 is 2.33. The Morgan fingerprint density at radius 2 is 2.00 bits per heavy atom. The number of rotatable bonds is 6. The van der Waals surface area contributed by atoms with Crippen molar-refractivity contribution in [1.29, 1.82) is 0 Å². The van der Waals surface area contributed by atoms with Crippen molar-refractivity contribution in [2.75, 3.05) is 26.8 Å². The van der Waals surface area contributed by atoms with Gasteiger partial charge in [-0.3, -0.25) is 4.90 Å². The number of nitrogens with zero attached hydrogens (tertiary/aromatic N) is 1. The molecular formula is C20H24INO3. The Hall–Kier alpha value is -1.31. The lowest BCUT2D eigenvalue weighted by atomic mass is 10.1. The first-order chi connectivity index (χ1) is 12.2. The molecule has 0 aliphatic carbocycles. The van der Waals surface area contributed by atoms with Crippen LogP contribution in [0.25, 0.3) is 0 Å². The molecule has 0 saturated carbocycles. The van der Waals surface area contributed by atoms with Crippen LogP contribution in [0.15, 0.2) is 42.5 Å². The molecule has 1 saturated heterocycles. The minimum absolute atomic E-state index is 0.295. The third-order valence-electron chi connectivity index (χ3n) is 4.25. The molecule has 0 spiro atoms. The van der Waals surface area contributed by atoms with Crippen LogP contribution in [-0.4, -0.2) is 37.8 Å². The number of hydrogen-bond acceptors (Lipinski definition) is 4. The van der Waals surface area contributed by atoms with E-state index in [-0.39, 0.29) is 0 Å². The van der Waals surface area contributed by atoms with Gasteiger partial charge in [0.15, 0.2) is 11.5 Å². The molecule has 1 aliphatic rings. The van der Waals surface area contributed by atoms with Crippen LogP contribution in [0.2, 0.25) is 0 Å². The van der Waals surface area contributed by atoms with Crippen LogP contribution in [-0.2, 0) is 17.9 Å². The van der Waals surface area contributed by atoms with Gasteiger partial charge in [0, 0.05) is 19.6 Å². The summed E-state index contributed by atoms with van der Waals surface area (Å²) in [6.45, 7) is 6.29. The molecule has 1 aliphatic heterocycles. The van der Waals surface area contributed by atoms with Crippen molar-refractivity contribution in [3.05, 3.63) is 57.2 Å². The number of ether oxygens (including phenoxy) is 3. The Morgan fingerprint density at radius 3 is 2.72 bits per heavy atom. The number of methoxy groups -OCH3 is 1. The highest BCUT2D eigenvalue weighted by Gasteiger charge is 2.18. The lowest BCUT2D eigenvalue weighted by molar-refractivity contribution is -0.0212. The smallest absolute Gasteiger partial charge is 0.174 e. The third kappa shape index (κ3) is 5.09. The van der Waals surface area contributed by atoms with Crippen molar-refractivity contribution >= 4 is 22.6 Å². The lowest BCUT2D eigenvalue weighted by Gasteiger charge is -2.31. The molecule has 1 atom stereocenters. The maximum absolute atomic E-state index is 6.04. The number of benzene rings is 2. The SMILES string of the molecule is COc1cc(CN2CCOC(C)C2)cc(I)c1OCc1ccccc1. The monoisotopic (exact) mass is 453 g/mol. The molecule has 0 N–H and O–H groups in total. The van der Waals surface area contributed by atoms with Gasteiger partial charge in [-0.1, -0.05) is 30.3 Å². The average Bonchev–Trinajstić information content (AvgIpc) is 2.61. The fourth-order valence-electron chi connectivity index (χ4n) is 3.03. The second-order valence-corrected chi connectivity index (χ2v) is 7.46. The normalized spacial score (nSPS) is 18.1. The Balaban J connectivity index is 1.71. The maximum Gasteiger partial charge on any atom is 0.174 e. The Labute approximate surface area is 163 Å². The van der Waals surface area contributed by atoms with Crippen LogP contribution in [0, 0.1) is 3.57 Å². The highest BCUT2D eigenvalue weighted by molar-refractivity contribution is 14.1. The fraction of sp³-hybridized carbons (Fsp3) is 0.400. The zero-order chi connectivity index (χ0) is 17.6. The zero-order valence-electron chi connectivity index (χ0n) is 14.7. The van der Waals surface area contributed by atoms with Crippen molar-refractivity contribution in [3.8, 4) is 11.5 Å². The molecule has 4 nitrogen and oxygen atoms in total. The molecule has 2 aromatic carbocycles. The molecule has 5 heteroatoms. The van der Waals surface area contributed by atoms with Crippen molar-refractivity contribution in [2.45, 2.75) is 26.2 Å². The third-order valence-corrected chi connectivity index (χ3v) is 5.05. The summed E-state index contributed by atoms with van der Waals surface area (Å²) in [7, 11) is 1.70.